The lowest BCUT2D eigenvalue weighted by Gasteiger charge is -2.23. The molecule has 0 aromatic carbocycles. The third-order valence-corrected chi connectivity index (χ3v) is 6.59. The van der Waals surface area contributed by atoms with Gasteiger partial charge in [-0.1, -0.05) is 33.6 Å². The van der Waals surface area contributed by atoms with Crippen molar-refractivity contribution in [3.05, 3.63) is 0 Å². The Balaban J connectivity index is 1.52. The van der Waals surface area contributed by atoms with Crippen LogP contribution in [0.2, 0.25) is 0 Å². The minimum Gasteiger partial charge on any atom is -0.0651 e. The molecule has 6 unspecified atom stereocenters. The first kappa shape index (κ1) is 12.1. The maximum atomic E-state index is 2.59. The molecule has 0 saturated heterocycles. The molecule has 0 radical (unpaired) electrons. The Hall–Kier alpha value is 0. The maximum absolute atomic E-state index is 2.59. The van der Waals surface area contributed by atoms with Crippen LogP contribution in [0.4, 0.5) is 0 Å². The van der Waals surface area contributed by atoms with Gasteiger partial charge in [0.05, 0.1) is 0 Å². The van der Waals surface area contributed by atoms with Gasteiger partial charge >= 0.3 is 0 Å². The van der Waals surface area contributed by atoms with Gasteiger partial charge < -0.3 is 0 Å². The standard InChI is InChI=1S/C17H30/c1-4-12(2)8-13-10-16(13)14-9-15-6-5-7-17(15,3)11-14/h12-16H,4-11H2,1-3H3. The summed E-state index contributed by atoms with van der Waals surface area (Å²) in [6.45, 7) is 7.39. The molecule has 3 rings (SSSR count). The van der Waals surface area contributed by atoms with E-state index in [1.54, 1.807) is 25.7 Å². The van der Waals surface area contributed by atoms with Crippen molar-refractivity contribution in [2.45, 2.75) is 72.1 Å². The molecule has 98 valence electrons. The third-order valence-electron chi connectivity index (χ3n) is 6.59. The molecule has 3 saturated carbocycles. The van der Waals surface area contributed by atoms with E-state index in [0.29, 0.717) is 0 Å². The van der Waals surface area contributed by atoms with Gasteiger partial charge in [-0.15, -0.1) is 0 Å². The molecule has 6 atom stereocenters. The van der Waals surface area contributed by atoms with E-state index in [0.717, 1.165) is 35.0 Å². The zero-order valence-electron chi connectivity index (χ0n) is 12.0. The normalized spacial score (nSPS) is 50.3. The minimum atomic E-state index is 0.772. The highest BCUT2D eigenvalue weighted by atomic mass is 14.6. The van der Waals surface area contributed by atoms with Gasteiger partial charge in [-0.05, 0) is 73.5 Å². The van der Waals surface area contributed by atoms with E-state index in [-0.39, 0.29) is 0 Å². The maximum Gasteiger partial charge on any atom is -0.0295 e. The van der Waals surface area contributed by atoms with E-state index >= 15 is 0 Å². The first-order valence-corrected chi connectivity index (χ1v) is 8.12. The SMILES string of the molecule is CCC(C)CC1CC1C1CC2CCCC2(C)C1. The van der Waals surface area contributed by atoms with Gasteiger partial charge in [0.25, 0.3) is 0 Å². The Morgan fingerprint density at radius 1 is 1.29 bits per heavy atom. The average molecular weight is 234 g/mol. The monoisotopic (exact) mass is 234 g/mol. The number of hydrogen-bond donors (Lipinski definition) is 0. The predicted molar refractivity (Wildman–Crippen MR) is 73.8 cm³/mol. The molecule has 0 aromatic rings. The van der Waals surface area contributed by atoms with Crippen molar-refractivity contribution in [2.75, 3.05) is 0 Å². The summed E-state index contributed by atoms with van der Waals surface area (Å²) in [5.74, 6) is 5.47. The molecule has 0 aliphatic heterocycles. The highest BCUT2D eigenvalue weighted by Crippen LogP contribution is 2.62. The summed E-state index contributed by atoms with van der Waals surface area (Å²) in [6.07, 6.45) is 12.3. The van der Waals surface area contributed by atoms with Gasteiger partial charge in [0.15, 0.2) is 0 Å². The van der Waals surface area contributed by atoms with E-state index in [2.05, 4.69) is 20.8 Å². The molecule has 0 aromatic heterocycles. The van der Waals surface area contributed by atoms with Crippen LogP contribution in [0.25, 0.3) is 0 Å². The zero-order valence-corrected chi connectivity index (χ0v) is 12.0. The molecule has 0 heteroatoms. The van der Waals surface area contributed by atoms with Gasteiger partial charge in [0.1, 0.15) is 0 Å². The lowest BCUT2D eigenvalue weighted by molar-refractivity contribution is 0.268. The smallest absolute Gasteiger partial charge is 0.0295 e. The van der Waals surface area contributed by atoms with Crippen molar-refractivity contribution in [1.82, 2.24) is 0 Å². The van der Waals surface area contributed by atoms with Crippen LogP contribution < -0.4 is 0 Å². The van der Waals surface area contributed by atoms with Crippen molar-refractivity contribution in [1.29, 1.82) is 0 Å². The van der Waals surface area contributed by atoms with Crippen molar-refractivity contribution >= 4 is 0 Å². The van der Waals surface area contributed by atoms with Gasteiger partial charge in [-0.25, -0.2) is 0 Å². The number of rotatable bonds is 4. The van der Waals surface area contributed by atoms with E-state index in [4.69, 9.17) is 0 Å². The Morgan fingerprint density at radius 2 is 2.12 bits per heavy atom. The van der Waals surface area contributed by atoms with E-state index in [1.165, 1.54) is 25.7 Å². The van der Waals surface area contributed by atoms with Gasteiger partial charge in [-0.3, -0.25) is 0 Å². The second-order valence-corrected chi connectivity index (χ2v) is 7.85. The zero-order chi connectivity index (χ0) is 12.0. The average Bonchev–Trinajstić information content (AvgIpc) is 2.83. The van der Waals surface area contributed by atoms with Crippen LogP contribution in [0.5, 0.6) is 0 Å². The summed E-state index contributed by atoms with van der Waals surface area (Å²) in [4.78, 5) is 0. The Morgan fingerprint density at radius 3 is 2.82 bits per heavy atom. The second-order valence-electron chi connectivity index (χ2n) is 7.85. The summed E-state index contributed by atoms with van der Waals surface area (Å²) < 4.78 is 0. The minimum absolute atomic E-state index is 0.772. The molecule has 3 fully saturated rings. The predicted octanol–water partition coefficient (Wildman–Crippen LogP) is 5.28. The molecule has 0 heterocycles. The lowest BCUT2D eigenvalue weighted by Crippen LogP contribution is -2.14. The topological polar surface area (TPSA) is 0 Å². The Bertz CT molecular complexity index is 282. The molecular weight excluding hydrogens is 204 g/mol. The molecule has 3 aliphatic rings. The molecule has 17 heavy (non-hydrogen) atoms. The summed E-state index contributed by atoms with van der Waals surface area (Å²) in [5, 5.41) is 0. The Kier molecular flexibility index (Phi) is 3.04. The number of fused-ring (bicyclic) bond motifs is 1. The van der Waals surface area contributed by atoms with Crippen LogP contribution in [0.3, 0.4) is 0 Å². The van der Waals surface area contributed by atoms with Crippen molar-refractivity contribution in [3.8, 4) is 0 Å². The molecule has 0 amide bonds. The van der Waals surface area contributed by atoms with E-state index < -0.39 is 0 Å². The van der Waals surface area contributed by atoms with Crippen molar-refractivity contribution < 1.29 is 0 Å². The van der Waals surface area contributed by atoms with Gasteiger partial charge in [0.2, 0.25) is 0 Å². The second kappa shape index (κ2) is 4.28. The molecule has 0 nitrogen and oxygen atoms in total. The molecule has 0 bridgehead atoms. The highest BCUT2D eigenvalue weighted by Gasteiger charge is 2.53. The van der Waals surface area contributed by atoms with Crippen molar-refractivity contribution in [2.24, 2.45) is 35.0 Å². The summed E-state index contributed by atoms with van der Waals surface area (Å²) >= 11 is 0. The van der Waals surface area contributed by atoms with Crippen LogP contribution >= 0.6 is 0 Å². The highest BCUT2D eigenvalue weighted by molar-refractivity contribution is 5.03. The van der Waals surface area contributed by atoms with Crippen LogP contribution in [0, 0.1) is 35.0 Å². The first-order chi connectivity index (χ1) is 8.12. The quantitative estimate of drug-likeness (QED) is 0.621. The van der Waals surface area contributed by atoms with Crippen molar-refractivity contribution in [3.63, 3.8) is 0 Å². The molecule has 3 aliphatic carbocycles. The fourth-order valence-electron chi connectivity index (χ4n) is 5.15. The van der Waals surface area contributed by atoms with Gasteiger partial charge in [0, 0.05) is 0 Å². The molecule has 0 spiro atoms. The van der Waals surface area contributed by atoms with E-state index in [9.17, 15) is 0 Å². The molecule has 0 N–H and O–H groups in total. The molecular formula is C17H30. The number of hydrogen-bond acceptors (Lipinski definition) is 0. The fraction of sp³-hybridized carbons (Fsp3) is 1.00. The largest absolute Gasteiger partial charge is 0.0651 e. The van der Waals surface area contributed by atoms with Crippen LogP contribution in [-0.2, 0) is 0 Å². The van der Waals surface area contributed by atoms with Crippen LogP contribution in [0.1, 0.15) is 72.1 Å². The van der Waals surface area contributed by atoms with Crippen LogP contribution in [0.15, 0.2) is 0 Å². The Labute approximate surface area is 108 Å². The summed E-state index contributed by atoms with van der Waals surface area (Å²) in [5.41, 5.74) is 0.772. The van der Waals surface area contributed by atoms with Crippen LogP contribution in [-0.4, -0.2) is 0 Å². The lowest BCUT2D eigenvalue weighted by atomic mass is 9.82. The first-order valence-electron chi connectivity index (χ1n) is 8.12. The fourth-order valence-corrected chi connectivity index (χ4v) is 5.15. The van der Waals surface area contributed by atoms with Gasteiger partial charge in [-0.2, -0.15) is 0 Å². The van der Waals surface area contributed by atoms with E-state index in [1.807, 2.05) is 0 Å². The summed E-state index contributed by atoms with van der Waals surface area (Å²) in [7, 11) is 0. The third kappa shape index (κ3) is 2.17. The summed E-state index contributed by atoms with van der Waals surface area (Å²) in [6, 6.07) is 0.